The smallest absolute Gasteiger partial charge is 0.261 e. The van der Waals surface area contributed by atoms with Crippen LogP contribution in [0.1, 0.15) is 5.56 Å². The van der Waals surface area contributed by atoms with E-state index in [2.05, 4.69) is 11.9 Å². The van der Waals surface area contributed by atoms with Gasteiger partial charge in [-0.25, -0.2) is 4.39 Å². The summed E-state index contributed by atoms with van der Waals surface area (Å²) in [4.78, 5) is 24.2. The fraction of sp³-hybridized carbons (Fsp3) is 0.333. The molecule has 6 heteroatoms. The summed E-state index contributed by atoms with van der Waals surface area (Å²) < 4.78 is 14.2. The van der Waals surface area contributed by atoms with Crippen LogP contribution in [0.4, 0.5) is 4.39 Å². The lowest BCUT2D eigenvalue weighted by atomic mass is 9.95. The second kappa shape index (κ2) is 6.26. The molecule has 1 aromatic carbocycles. The predicted molar refractivity (Wildman–Crippen MR) is 78.8 cm³/mol. The average Bonchev–Trinajstić information content (AvgIpc) is 2.45. The van der Waals surface area contributed by atoms with Crippen molar-refractivity contribution in [2.24, 2.45) is 0 Å². The third kappa shape index (κ3) is 3.61. The molecule has 2 amide bonds. The van der Waals surface area contributed by atoms with Gasteiger partial charge in [0.05, 0.1) is 13.1 Å². The van der Waals surface area contributed by atoms with Crippen molar-refractivity contribution in [3.63, 3.8) is 0 Å². The minimum atomic E-state index is -1.99. The summed E-state index contributed by atoms with van der Waals surface area (Å²) >= 11 is 5.78. The lowest BCUT2D eigenvalue weighted by Gasteiger charge is -2.42. The van der Waals surface area contributed by atoms with Crippen LogP contribution in [0.2, 0.25) is 5.02 Å². The van der Waals surface area contributed by atoms with Gasteiger partial charge in [0.25, 0.3) is 5.91 Å². The summed E-state index contributed by atoms with van der Waals surface area (Å²) in [6.07, 6.45) is 1.70. The first kappa shape index (κ1) is 15.5. The first-order valence-corrected chi connectivity index (χ1v) is 6.95. The Morgan fingerprint density at radius 1 is 1.38 bits per heavy atom. The van der Waals surface area contributed by atoms with Crippen LogP contribution in [0, 0.1) is 0 Å². The topological polar surface area (TPSA) is 49.4 Å². The highest BCUT2D eigenvalue weighted by atomic mass is 35.5. The van der Waals surface area contributed by atoms with Crippen LogP contribution >= 0.6 is 11.6 Å². The molecule has 0 aliphatic carbocycles. The largest absolute Gasteiger partial charge is 0.353 e. The first-order valence-electron chi connectivity index (χ1n) is 6.57. The predicted octanol–water partition coefficient (Wildman–Crippen LogP) is 1.74. The van der Waals surface area contributed by atoms with Crippen molar-refractivity contribution in [3.05, 3.63) is 47.5 Å². The van der Waals surface area contributed by atoms with Gasteiger partial charge in [0.2, 0.25) is 11.6 Å². The SMILES string of the molecule is C=CC(=O)N1CC(F)(C(=O)NCCc2ccc(Cl)cc2)C1. The highest BCUT2D eigenvalue weighted by Crippen LogP contribution is 2.25. The van der Waals surface area contributed by atoms with Gasteiger partial charge in [-0.3, -0.25) is 9.59 Å². The molecule has 0 saturated carbocycles. The standard InChI is InChI=1S/C15H16ClFN2O2/c1-2-13(20)19-9-15(17,10-19)14(21)18-8-7-11-3-5-12(16)6-4-11/h2-6H,1,7-10H2,(H,18,21). The van der Waals surface area contributed by atoms with E-state index in [-0.39, 0.29) is 19.0 Å². The van der Waals surface area contributed by atoms with E-state index >= 15 is 0 Å². The molecule has 1 aromatic rings. The number of carbonyl (C=O) groups excluding carboxylic acids is 2. The molecule has 1 heterocycles. The van der Waals surface area contributed by atoms with Crippen LogP contribution in [-0.4, -0.2) is 42.0 Å². The highest BCUT2D eigenvalue weighted by molar-refractivity contribution is 6.30. The third-order valence-electron chi connectivity index (χ3n) is 3.39. The lowest BCUT2D eigenvalue weighted by molar-refractivity contribution is -0.153. The minimum absolute atomic E-state index is 0.218. The third-order valence-corrected chi connectivity index (χ3v) is 3.64. The van der Waals surface area contributed by atoms with Crippen LogP contribution in [0.25, 0.3) is 0 Å². The Morgan fingerprint density at radius 2 is 2.00 bits per heavy atom. The van der Waals surface area contributed by atoms with Crippen molar-refractivity contribution in [2.45, 2.75) is 12.1 Å². The molecule has 1 saturated heterocycles. The van der Waals surface area contributed by atoms with Gasteiger partial charge in [0, 0.05) is 11.6 Å². The Hall–Kier alpha value is -1.88. The first-order chi connectivity index (χ1) is 9.94. The molecule has 1 N–H and O–H groups in total. The monoisotopic (exact) mass is 310 g/mol. The molecule has 112 valence electrons. The van der Waals surface area contributed by atoms with E-state index in [1.807, 2.05) is 12.1 Å². The quantitative estimate of drug-likeness (QED) is 0.842. The van der Waals surface area contributed by atoms with Crippen LogP contribution in [-0.2, 0) is 16.0 Å². The zero-order valence-corrected chi connectivity index (χ0v) is 12.2. The normalized spacial score (nSPS) is 16.0. The molecule has 0 spiro atoms. The summed E-state index contributed by atoms with van der Waals surface area (Å²) in [5, 5.41) is 3.20. The van der Waals surface area contributed by atoms with Gasteiger partial charge in [-0.2, -0.15) is 0 Å². The Balaban J connectivity index is 1.76. The number of nitrogens with zero attached hydrogens (tertiary/aromatic N) is 1. The maximum absolute atomic E-state index is 14.2. The van der Waals surface area contributed by atoms with Crippen LogP contribution in [0.5, 0.6) is 0 Å². The Bertz CT molecular complexity index is 553. The second-order valence-corrected chi connectivity index (χ2v) is 5.43. The average molecular weight is 311 g/mol. The Labute approximate surface area is 127 Å². The molecule has 1 aliphatic heterocycles. The zero-order valence-electron chi connectivity index (χ0n) is 11.4. The highest BCUT2D eigenvalue weighted by Gasteiger charge is 2.51. The van der Waals surface area contributed by atoms with Crippen molar-refractivity contribution < 1.29 is 14.0 Å². The van der Waals surface area contributed by atoms with Gasteiger partial charge in [0.1, 0.15) is 0 Å². The van der Waals surface area contributed by atoms with Crippen molar-refractivity contribution >= 4 is 23.4 Å². The molecule has 0 bridgehead atoms. The molecule has 4 nitrogen and oxygen atoms in total. The number of carbonyl (C=O) groups is 2. The molecule has 0 aromatic heterocycles. The lowest BCUT2D eigenvalue weighted by Crippen LogP contribution is -2.67. The zero-order chi connectivity index (χ0) is 15.5. The Morgan fingerprint density at radius 3 is 2.57 bits per heavy atom. The summed E-state index contributed by atoms with van der Waals surface area (Å²) in [5.74, 6) is -1.04. The van der Waals surface area contributed by atoms with Crippen molar-refractivity contribution in [2.75, 3.05) is 19.6 Å². The minimum Gasteiger partial charge on any atom is -0.353 e. The van der Waals surface area contributed by atoms with E-state index in [0.29, 0.717) is 18.0 Å². The summed E-state index contributed by atoms with van der Waals surface area (Å²) in [7, 11) is 0. The fourth-order valence-corrected chi connectivity index (χ4v) is 2.24. The van der Waals surface area contributed by atoms with E-state index in [9.17, 15) is 14.0 Å². The number of hydrogen-bond donors (Lipinski definition) is 1. The van der Waals surface area contributed by atoms with E-state index in [1.54, 1.807) is 12.1 Å². The molecule has 1 aliphatic rings. The maximum Gasteiger partial charge on any atom is 0.261 e. The molecular formula is C15H16ClFN2O2. The fourth-order valence-electron chi connectivity index (χ4n) is 2.12. The molecule has 0 unspecified atom stereocenters. The number of halogens is 2. The van der Waals surface area contributed by atoms with Gasteiger partial charge < -0.3 is 10.2 Å². The number of likely N-dealkylation sites (tertiary alicyclic amines) is 1. The van der Waals surface area contributed by atoms with Crippen LogP contribution < -0.4 is 5.32 Å². The summed E-state index contributed by atoms with van der Waals surface area (Å²) in [6.45, 7) is 3.22. The van der Waals surface area contributed by atoms with Crippen LogP contribution in [0.15, 0.2) is 36.9 Å². The van der Waals surface area contributed by atoms with Crippen molar-refractivity contribution in [3.8, 4) is 0 Å². The number of rotatable bonds is 5. The van der Waals surface area contributed by atoms with Gasteiger partial charge in [0.15, 0.2) is 0 Å². The van der Waals surface area contributed by atoms with Crippen molar-refractivity contribution in [1.82, 2.24) is 10.2 Å². The van der Waals surface area contributed by atoms with Crippen molar-refractivity contribution in [1.29, 1.82) is 0 Å². The van der Waals surface area contributed by atoms with E-state index in [4.69, 9.17) is 11.6 Å². The van der Waals surface area contributed by atoms with Gasteiger partial charge in [-0.15, -0.1) is 0 Å². The molecular weight excluding hydrogens is 295 g/mol. The van der Waals surface area contributed by atoms with E-state index in [0.717, 1.165) is 11.6 Å². The second-order valence-electron chi connectivity index (χ2n) is 5.00. The molecule has 21 heavy (non-hydrogen) atoms. The van der Waals surface area contributed by atoms with Gasteiger partial charge >= 0.3 is 0 Å². The number of alkyl halides is 1. The van der Waals surface area contributed by atoms with Gasteiger partial charge in [-0.05, 0) is 30.2 Å². The number of benzene rings is 1. The molecule has 1 fully saturated rings. The maximum atomic E-state index is 14.2. The molecule has 0 atom stereocenters. The number of nitrogens with one attached hydrogen (secondary N) is 1. The van der Waals surface area contributed by atoms with Crippen LogP contribution in [0.3, 0.4) is 0 Å². The number of amides is 2. The van der Waals surface area contributed by atoms with Gasteiger partial charge in [-0.1, -0.05) is 30.3 Å². The number of hydrogen-bond acceptors (Lipinski definition) is 2. The van der Waals surface area contributed by atoms with E-state index < -0.39 is 11.6 Å². The van der Waals surface area contributed by atoms with E-state index in [1.165, 1.54) is 4.90 Å². The Kier molecular flexibility index (Phi) is 4.63. The summed E-state index contributed by atoms with van der Waals surface area (Å²) in [6, 6.07) is 7.24. The molecule has 0 radical (unpaired) electrons. The summed E-state index contributed by atoms with van der Waals surface area (Å²) in [5.41, 5.74) is -0.983. The molecule has 2 rings (SSSR count).